The van der Waals surface area contributed by atoms with Gasteiger partial charge in [0.1, 0.15) is 6.23 Å². The zero-order valence-electron chi connectivity index (χ0n) is 9.48. The number of nitrogens with zero attached hydrogens (tertiary/aromatic N) is 1. The standard InChI is InChI=1S/C13H19NO/c1-4-11-5-7-12(8-6-11)9-10-13(15)14(2)3/h4-8,13,15H,1,9-10H2,2-3H3. The number of benzene rings is 1. The fourth-order valence-corrected chi connectivity index (χ4v) is 1.37. The molecule has 2 heteroatoms. The first-order chi connectivity index (χ1) is 7.13. The monoisotopic (exact) mass is 205 g/mol. The van der Waals surface area contributed by atoms with Gasteiger partial charge >= 0.3 is 0 Å². The molecule has 0 amide bonds. The van der Waals surface area contributed by atoms with Crippen molar-refractivity contribution in [2.75, 3.05) is 14.1 Å². The molecule has 1 aromatic rings. The molecular weight excluding hydrogens is 186 g/mol. The Morgan fingerprint density at radius 3 is 2.40 bits per heavy atom. The maximum Gasteiger partial charge on any atom is 0.107 e. The minimum absolute atomic E-state index is 0.357. The van der Waals surface area contributed by atoms with Crippen molar-refractivity contribution >= 4 is 6.08 Å². The molecule has 0 aromatic heterocycles. The Morgan fingerprint density at radius 2 is 1.93 bits per heavy atom. The molecule has 0 heterocycles. The average Bonchev–Trinajstić information content (AvgIpc) is 2.26. The van der Waals surface area contributed by atoms with Crippen LogP contribution in [0.15, 0.2) is 30.8 Å². The van der Waals surface area contributed by atoms with Crippen LogP contribution in [0.2, 0.25) is 0 Å². The summed E-state index contributed by atoms with van der Waals surface area (Å²) in [5.74, 6) is 0. The van der Waals surface area contributed by atoms with Gasteiger partial charge in [-0.15, -0.1) is 0 Å². The van der Waals surface area contributed by atoms with Gasteiger partial charge in [-0.05, 0) is 38.1 Å². The zero-order valence-corrected chi connectivity index (χ0v) is 9.48. The second-order valence-electron chi connectivity index (χ2n) is 3.93. The van der Waals surface area contributed by atoms with E-state index in [1.165, 1.54) is 5.56 Å². The van der Waals surface area contributed by atoms with Gasteiger partial charge in [0, 0.05) is 0 Å². The number of hydrogen-bond donors (Lipinski definition) is 1. The van der Waals surface area contributed by atoms with Gasteiger partial charge < -0.3 is 5.11 Å². The lowest BCUT2D eigenvalue weighted by molar-refractivity contribution is 0.0338. The summed E-state index contributed by atoms with van der Waals surface area (Å²) in [6, 6.07) is 8.26. The van der Waals surface area contributed by atoms with Gasteiger partial charge in [0.15, 0.2) is 0 Å². The summed E-state index contributed by atoms with van der Waals surface area (Å²) < 4.78 is 0. The number of aliphatic hydroxyl groups excluding tert-OH is 1. The van der Waals surface area contributed by atoms with E-state index in [9.17, 15) is 5.11 Å². The smallest absolute Gasteiger partial charge is 0.107 e. The Bertz CT molecular complexity index is 303. The van der Waals surface area contributed by atoms with Crippen LogP contribution in [0.1, 0.15) is 17.5 Å². The minimum Gasteiger partial charge on any atom is -0.378 e. The van der Waals surface area contributed by atoms with Crippen molar-refractivity contribution in [3.63, 3.8) is 0 Å². The summed E-state index contributed by atoms with van der Waals surface area (Å²) in [5, 5.41) is 9.60. The van der Waals surface area contributed by atoms with E-state index in [4.69, 9.17) is 0 Å². The number of aryl methyl sites for hydroxylation is 1. The maximum absolute atomic E-state index is 9.60. The molecule has 0 saturated carbocycles. The molecular formula is C13H19NO. The summed E-state index contributed by atoms with van der Waals surface area (Å²) in [4.78, 5) is 1.82. The third-order valence-corrected chi connectivity index (χ3v) is 2.50. The topological polar surface area (TPSA) is 23.5 Å². The molecule has 1 unspecified atom stereocenters. The maximum atomic E-state index is 9.60. The Morgan fingerprint density at radius 1 is 1.33 bits per heavy atom. The minimum atomic E-state index is -0.357. The lowest BCUT2D eigenvalue weighted by Crippen LogP contribution is -2.27. The van der Waals surface area contributed by atoms with Crippen molar-refractivity contribution in [3.05, 3.63) is 42.0 Å². The number of rotatable bonds is 5. The molecule has 1 rings (SSSR count). The first-order valence-corrected chi connectivity index (χ1v) is 5.19. The van der Waals surface area contributed by atoms with Crippen LogP contribution >= 0.6 is 0 Å². The third-order valence-electron chi connectivity index (χ3n) is 2.50. The predicted molar refractivity (Wildman–Crippen MR) is 64.5 cm³/mol. The van der Waals surface area contributed by atoms with Crippen LogP contribution in [-0.2, 0) is 6.42 Å². The molecule has 2 nitrogen and oxygen atoms in total. The van der Waals surface area contributed by atoms with Crippen LogP contribution < -0.4 is 0 Å². The van der Waals surface area contributed by atoms with Crippen molar-refractivity contribution in [1.29, 1.82) is 0 Å². The molecule has 0 bridgehead atoms. The Labute approximate surface area is 91.9 Å². The zero-order chi connectivity index (χ0) is 11.3. The highest BCUT2D eigenvalue weighted by Crippen LogP contribution is 2.09. The summed E-state index contributed by atoms with van der Waals surface area (Å²) in [6.45, 7) is 3.71. The van der Waals surface area contributed by atoms with Crippen LogP contribution in [-0.4, -0.2) is 30.3 Å². The molecule has 82 valence electrons. The van der Waals surface area contributed by atoms with Crippen LogP contribution in [0.3, 0.4) is 0 Å². The fourth-order valence-electron chi connectivity index (χ4n) is 1.37. The fraction of sp³-hybridized carbons (Fsp3) is 0.385. The highest BCUT2D eigenvalue weighted by atomic mass is 16.3. The van der Waals surface area contributed by atoms with E-state index in [-0.39, 0.29) is 6.23 Å². The van der Waals surface area contributed by atoms with Crippen molar-refractivity contribution < 1.29 is 5.11 Å². The second kappa shape index (κ2) is 5.69. The largest absolute Gasteiger partial charge is 0.378 e. The van der Waals surface area contributed by atoms with Crippen molar-refractivity contribution in [1.82, 2.24) is 4.90 Å². The molecule has 1 atom stereocenters. The number of aliphatic hydroxyl groups is 1. The van der Waals surface area contributed by atoms with Crippen LogP contribution in [0.5, 0.6) is 0 Å². The first kappa shape index (κ1) is 12.0. The molecule has 0 saturated heterocycles. The Hall–Kier alpha value is -1.12. The van der Waals surface area contributed by atoms with Gasteiger partial charge in [0.2, 0.25) is 0 Å². The van der Waals surface area contributed by atoms with E-state index in [0.717, 1.165) is 18.4 Å². The molecule has 0 aliphatic carbocycles. The Balaban J connectivity index is 2.47. The molecule has 15 heavy (non-hydrogen) atoms. The molecule has 0 fully saturated rings. The number of hydrogen-bond acceptors (Lipinski definition) is 2. The first-order valence-electron chi connectivity index (χ1n) is 5.19. The van der Waals surface area contributed by atoms with E-state index < -0.39 is 0 Å². The molecule has 1 aromatic carbocycles. The molecule has 0 spiro atoms. The molecule has 1 N–H and O–H groups in total. The van der Waals surface area contributed by atoms with Crippen molar-refractivity contribution in [2.45, 2.75) is 19.1 Å². The summed E-state index contributed by atoms with van der Waals surface area (Å²) in [7, 11) is 3.76. The average molecular weight is 205 g/mol. The quantitative estimate of drug-likeness (QED) is 0.744. The SMILES string of the molecule is C=Cc1ccc(CCC(O)N(C)C)cc1. The van der Waals surface area contributed by atoms with Gasteiger partial charge in [0.05, 0.1) is 0 Å². The second-order valence-corrected chi connectivity index (χ2v) is 3.93. The third kappa shape index (κ3) is 3.86. The van der Waals surface area contributed by atoms with Crippen LogP contribution in [0.4, 0.5) is 0 Å². The lowest BCUT2D eigenvalue weighted by Gasteiger charge is -2.18. The predicted octanol–water partition coefficient (Wildman–Crippen LogP) is 2.14. The van der Waals surface area contributed by atoms with Gasteiger partial charge in [0.25, 0.3) is 0 Å². The highest BCUT2D eigenvalue weighted by Gasteiger charge is 2.05. The summed E-state index contributed by atoms with van der Waals surface area (Å²) in [6.07, 6.45) is 3.14. The lowest BCUT2D eigenvalue weighted by atomic mass is 10.1. The van der Waals surface area contributed by atoms with Crippen LogP contribution in [0.25, 0.3) is 6.08 Å². The van der Waals surface area contributed by atoms with Gasteiger partial charge in [-0.3, -0.25) is 4.90 Å². The van der Waals surface area contributed by atoms with Crippen LogP contribution in [0, 0.1) is 0 Å². The van der Waals surface area contributed by atoms with Gasteiger partial charge in [-0.1, -0.05) is 36.9 Å². The van der Waals surface area contributed by atoms with E-state index in [1.807, 2.05) is 37.2 Å². The molecule has 0 aliphatic heterocycles. The normalized spacial score (nSPS) is 12.8. The van der Waals surface area contributed by atoms with E-state index in [1.54, 1.807) is 0 Å². The molecule has 0 radical (unpaired) electrons. The highest BCUT2D eigenvalue weighted by molar-refractivity contribution is 5.47. The van der Waals surface area contributed by atoms with Crippen molar-refractivity contribution in [3.8, 4) is 0 Å². The van der Waals surface area contributed by atoms with Gasteiger partial charge in [-0.2, -0.15) is 0 Å². The van der Waals surface area contributed by atoms with E-state index in [0.29, 0.717) is 0 Å². The van der Waals surface area contributed by atoms with E-state index in [2.05, 4.69) is 18.7 Å². The molecule has 0 aliphatic rings. The Kier molecular flexibility index (Phi) is 4.53. The summed E-state index contributed by atoms with van der Waals surface area (Å²) >= 11 is 0. The van der Waals surface area contributed by atoms with Gasteiger partial charge in [-0.25, -0.2) is 0 Å². The summed E-state index contributed by atoms with van der Waals surface area (Å²) in [5.41, 5.74) is 2.38. The van der Waals surface area contributed by atoms with Crippen molar-refractivity contribution in [2.24, 2.45) is 0 Å². The van der Waals surface area contributed by atoms with E-state index >= 15 is 0 Å².